The highest BCUT2D eigenvalue weighted by atomic mass is 16.6. The Morgan fingerprint density at radius 3 is 2.53 bits per heavy atom. The molecule has 0 unspecified atom stereocenters. The third kappa shape index (κ3) is 6.35. The van der Waals surface area contributed by atoms with Crippen molar-refractivity contribution in [3.05, 3.63) is 99.4 Å². The average Bonchev–Trinajstić information content (AvgIpc) is 3.78. The molecule has 3 aromatic carbocycles. The summed E-state index contributed by atoms with van der Waals surface area (Å²) in [7, 11) is 4.00. The molecular formula is C47H61N5O7. The van der Waals surface area contributed by atoms with Gasteiger partial charge in [0.15, 0.2) is 11.5 Å². The Labute approximate surface area is 347 Å². The van der Waals surface area contributed by atoms with Crippen molar-refractivity contribution in [3.8, 4) is 17.2 Å². The molecule has 2 spiro atoms. The Bertz CT molecular complexity index is 2230. The summed E-state index contributed by atoms with van der Waals surface area (Å²) in [6.45, 7) is 15.7. The Morgan fingerprint density at radius 2 is 1.85 bits per heavy atom. The van der Waals surface area contributed by atoms with E-state index in [4.69, 9.17) is 19.2 Å². The first-order valence-electron chi connectivity index (χ1n) is 21.6. The van der Waals surface area contributed by atoms with Crippen LogP contribution < -0.4 is 9.47 Å². The monoisotopic (exact) mass is 807 g/mol. The van der Waals surface area contributed by atoms with Crippen LogP contribution in [-0.2, 0) is 29.5 Å². The number of hydrogen-bond acceptors (Lipinski definition) is 10. The fourth-order valence-corrected chi connectivity index (χ4v) is 11.9. The number of nitro benzene ring substituents is 1. The Balaban J connectivity index is 0.000000164. The molecule has 12 nitrogen and oxygen atoms in total. The number of hydrogen-bond donors (Lipinski definition) is 2. The summed E-state index contributed by atoms with van der Waals surface area (Å²) in [4.78, 5) is 20.4. The zero-order chi connectivity index (χ0) is 41.9. The van der Waals surface area contributed by atoms with Crippen molar-refractivity contribution < 1.29 is 29.3 Å². The van der Waals surface area contributed by atoms with Crippen LogP contribution in [0.1, 0.15) is 82.8 Å². The van der Waals surface area contributed by atoms with Crippen molar-refractivity contribution >= 4 is 16.7 Å². The fraction of sp³-hybridized carbons (Fsp3) is 0.553. The average molecular weight is 808 g/mol. The van der Waals surface area contributed by atoms with Crippen molar-refractivity contribution in [2.75, 3.05) is 46.9 Å². The number of aromatic nitrogens is 2. The molecular weight excluding hydrogens is 747 g/mol. The van der Waals surface area contributed by atoms with Gasteiger partial charge >= 0.3 is 0 Å². The molecule has 2 N–H and O–H groups in total. The number of fused-ring (bicyclic) bond motifs is 2. The molecule has 6 aliphatic rings. The summed E-state index contributed by atoms with van der Waals surface area (Å²) in [5.41, 5.74) is 3.42. The lowest BCUT2D eigenvalue weighted by Gasteiger charge is -2.72. The summed E-state index contributed by atoms with van der Waals surface area (Å²) in [5.74, 6) is 2.59. The van der Waals surface area contributed by atoms with Crippen LogP contribution in [0.25, 0.3) is 11.0 Å². The van der Waals surface area contributed by atoms with Crippen molar-refractivity contribution in [1.29, 1.82) is 0 Å². The summed E-state index contributed by atoms with van der Waals surface area (Å²) in [6, 6.07) is 17.2. The number of non-ortho nitro benzene ring substituents is 1. The third-order valence-electron chi connectivity index (χ3n) is 14.7. The Morgan fingerprint density at radius 1 is 1.08 bits per heavy atom. The maximum Gasteiger partial charge on any atom is 0.271 e. The highest BCUT2D eigenvalue weighted by molar-refractivity contribution is 5.79. The van der Waals surface area contributed by atoms with Crippen LogP contribution >= 0.6 is 0 Å². The number of likely N-dealkylation sites (N-methyl/N-ethyl adjacent to an activating group) is 2. The lowest BCUT2D eigenvalue weighted by Crippen LogP contribution is -2.80. The minimum absolute atomic E-state index is 0.0647. The Hall–Kier alpha value is -4.49. The van der Waals surface area contributed by atoms with E-state index in [1.807, 2.05) is 44.2 Å². The second-order valence-corrected chi connectivity index (χ2v) is 17.6. The van der Waals surface area contributed by atoms with Gasteiger partial charge in [-0.2, -0.15) is 0 Å². The quantitative estimate of drug-likeness (QED) is 0.0752. The van der Waals surface area contributed by atoms with Crippen molar-refractivity contribution in [3.63, 3.8) is 0 Å². The molecule has 4 bridgehead atoms. The number of nitro groups is 1. The van der Waals surface area contributed by atoms with E-state index in [0.717, 1.165) is 87.5 Å². The second kappa shape index (κ2) is 15.5. The van der Waals surface area contributed by atoms with Gasteiger partial charge in [0.05, 0.1) is 33.6 Å². The highest BCUT2D eigenvalue weighted by Crippen LogP contribution is 2.75. The van der Waals surface area contributed by atoms with Gasteiger partial charge in [-0.25, -0.2) is 4.98 Å². The standard InChI is InChI=1S/C25H33NO4.C22H28N4O3/c1-5-8-22(2,28)17-14-23-9-10-25(17,29-4)21-24(23)11-12-26(3)18(23)13-15-6-7-16(27)20(30-21)19(15)24;1-4-24(5-2)13-14-25-21-12-9-18(26(27)28)16-20(21)23-22(25)15-17-7-10-19(11-8-17)29-6-3/h6-7,9-10,17-18,21,27-28H,5,8,11-14H2,1-4H3;7-12,16H,4-6,13-15H2,1-3H3/t17-,18-,21-,22-,23-,24+,25-;/m1./s1. The van der Waals surface area contributed by atoms with Crippen LogP contribution in [0.15, 0.2) is 66.7 Å². The number of likely N-dealkylation sites (tertiary alicyclic amines) is 1. The number of benzene rings is 3. The van der Waals surface area contributed by atoms with Gasteiger partial charge in [-0.15, -0.1) is 0 Å². The van der Waals surface area contributed by atoms with E-state index in [9.17, 15) is 20.3 Å². The Kier molecular flexibility index (Phi) is 10.8. The minimum Gasteiger partial charge on any atom is -0.504 e. The third-order valence-corrected chi connectivity index (χ3v) is 14.7. The maximum absolute atomic E-state index is 11.7. The van der Waals surface area contributed by atoms with E-state index in [1.165, 1.54) is 11.1 Å². The molecule has 10 rings (SSSR count). The molecule has 2 fully saturated rings. The van der Waals surface area contributed by atoms with Crippen LogP contribution in [0.3, 0.4) is 0 Å². The van der Waals surface area contributed by atoms with E-state index in [2.05, 4.69) is 60.4 Å². The molecule has 4 aromatic rings. The lowest BCUT2D eigenvalue weighted by atomic mass is 9.36. The number of methoxy groups -OCH3 is 1. The van der Waals surface area contributed by atoms with Gasteiger partial charge in [0.2, 0.25) is 0 Å². The summed E-state index contributed by atoms with van der Waals surface area (Å²) in [5, 5.41) is 33.6. The minimum atomic E-state index is -0.850. The molecule has 3 heterocycles. The summed E-state index contributed by atoms with van der Waals surface area (Å²) in [6.07, 6.45) is 9.52. The zero-order valence-corrected chi connectivity index (χ0v) is 35.7. The second-order valence-electron chi connectivity index (χ2n) is 17.6. The number of phenols is 1. The van der Waals surface area contributed by atoms with Gasteiger partial charge in [-0.05, 0) is 102 Å². The molecule has 1 saturated carbocycles. The molecule has 1 saturated heterocycles. The van der Waals surface area contributed by atoms with Gasteiger partial charge in [0, 0.05) is 61.7 Å². The number of rotatable bonds is 14. The van der Waals surface area contributed by atoms with Gasteiger partial charge < -0.3 is 38.8 Å². The fourth-order valence-electron chi connectivity index (χ4n) is 11.9. The molecule has 0 amide bonds. The number of nitrogens with zero attached hydrogens (tertiary/aromatic N) is 5. The van der Waals surface area contributed by atoms with Gasteiger partial charge in [-0.1, -0.05) is 57.5 Å². The largest absolute Gasteiger partial charge is 0.504 e. The molecule has 2 aliphatic heterocycles. The number of aromatic hydroxyl groups is 1. The first-order valence-corrected chi connectivity index (χ1v) is 21.6. The van der Waals surface area contributed by atoms with Gasteiger partial charge in [-0.3, -0.25) is 10.1 Å². The molecule has 59 heavy (non-hydrogen) atoms. The normalized spacial score (nSPS) is 28.2. The van der Waals surface area contributed by atoms with E-state index in [1.54, 1.807) is 25.3 Å². The number of piperidine rings is 1. The van der Waals surface area contributed by atoms with Crippen LogP contribution in [0, 0.1) is 21.4 Å². The molecule has 4 aliphatic carbocycles. The first-order chi connectivity index (χ1) is 28.3. The maximum atomic E-state index is 11.7. The highest BCUT2D eigenvalue weighted by Gasteiger charge is 2.80. The molecule has 12 heteroatoms. The predicted molar refractivity (Wildman–Crippen MR) is 228 cm³/mol. The van der Waals surface area contributed by atoms with Crippen LogP contribution in [0.4, 0.5) is 5.69 Å². The van der Waals surface area contributed by atoms with Crippen LogP contribution in [-0.4, -0.2) is 105 Å². The van der Waals surface area contributed by atoms with E-state index < -0.39 is 11.2 Å². The smallest absolute Gasteiger partial charge is 0.271 e. The SMILES string of the molecule is CCC[C@@](C)(O)[C@H]1C[C@@]23C=C[C@]1(OC)[C@@H]1Oc4c(O)ccc5c4[C@@]12CCN(C)[C@@H]3C5.CCOc1ccc(Cc2nc3cc([N+](=O)[O-])ccc3n2CCN(CC)CC)cc1. The van der Waals surface area contributed by atoms with Crippen molar-refractivity contribution in [2.24, 2.45) is 11.3 Å². The van der Waals surface area contributed by atoms with Crippen molar-refractivity contribution in [2.45, 2.75) is 108 Å². The van der Waals surface area contributed by atoms with E-state index in [0.29, 0.717) is 30.3 Å². The van der Waals surface area contributed by atoms with Crippen molar-refractivity contribution in [1.82, 2.24) is 19.4 Å². The van der Waals surface area contributed by atoms with E-state index in [-0.39, 0.29) is 39.2 Å². The molecule has 1 aromatic heterocycles. The number of phenolic OH excluding ortho intramolecular Hbond substituents is 1. The lowest BCUT2D eigenvalue weighted by molar-refractivity contribution is -0.384. The molecule has 316 valence electrons. The number of aliphatic hydroxyl groups is 1. The van der Waals surface area contributed by atoms with Crippen LogP contribution in [0.2, 0.25) is 0 Å². The predicted octanol–water partition coefficient (Wildman–Crippen LogP) is 7.44. The van der Waals surface area contributed by atoms with Gasteiger partial charge in [0.1, 0.15) is 23.3 Å². The summed E-state index contributed by atoms with van der Waals surface area (Å²) >= 11 is 0. The zero-order valence-electron chi connectivity index (χ0n) is 35.7. The first kappa shape index (κ1) is 41.3. The van der Waals surface area contributed by atoms with Crippen LogP contribution in [0.5, 0.6) is 17.2 Å². The summed E-state index contributed by atoms with van der Waals surface area (Å²) < 4.78 is 20.8. The number of imidazole rings is 1. The molecule has 7 atom stereocenters. The number of ether oxygens (including phenoxy) is 3. The van der Waals surface area contributed by atoms with Gasteiger partial charge in [0.25, 0.3) is 5.69 Å². The topological polar surface area (TPSA) is 136 Å². The molecule has 0 radical (unpaired) electrons. The van der Waals surface area contributed by atoms with E-state index >= 15 is 0 Å².